The maximum Gasteiger partial charge on any atom is 0.229 e. The molecule has 1 aromatic heterocycles. The molecule has 2 fully saturated rings. The highest BCUT2D eigenvalue weighted by atomic mass is 79.9. The third-order valence-electron chi connectivity index (χ3n) is 8.32. The first-order valence-electron chi connectivity index (χ1n) is 14.2. The molecule has 4 heterocycles. The number of piperazine rings is 1. The van der Waals surface area contributed by atoms with Crippen LogP contribution in [0.15, 0.2) is 41.0 Å². The van der Waals surface area contributed by atoms with E-state index in [4.69, 9.17) is 14.5 Å². The third-order valence-corrected chi connectivity index (χ3v) is 8.90. The van der Waals surface area contributed by atoms with Crippen LogP contribution in [0.1, 0.15) is 24.0 Å². The second-order valence-electron chi connectivity index (χ2n) is 11.0. The molecule has 3 aromatic rings. The van der Waals surface area contributed by atoms with Crippen LogP contribution in [0.4, 0.5) is 28.8 Å². The Hall–Kier alpha value is -3.08. The Balaban J connectivity index is 1.14. The van der Waals surface area contributed by atoms with E-state index in [1.807, 2.05) is 12.1 Å². The minimum atomic E-state index is 0.494. The lowest BCUT2D eigenvalue weighted by atomic mass is 10.0. The molecule has 2 N–H and O–H groups in total. The highest BCUT2D eigenvalue weighted by Gasteiger charge is 2.27. The van der Waals surface area contributed by atoms with Crippen LogP contribution in [0.5, 0.6) is 11.5 Å². The SMILES string of the molecule is COc1cc(N2CCC(N3CCN(C)CC3)CC2)c(C)cc1Nc1ncc(Br)c(Nc2ccc3c(c2)CCO3)n1. The highest BCUT2D eigenvalue weighted by Crippen LogP contribution is 2.37. The molecular formula is C30H38BrN7O2. The minimum Gasteiger partial charge on any atom is -0.494 e. The van der Waals surface area contributed by atoms with Gasteiger partial charge in [0.25, 0.3) is 0 Å². The van der Waals surface area contributed by atoms with E-state index in [0.29, 0.717) is 17.8 Å². The van der Waals surface area contributed by atoms with Crippen LogP contribution in [0.2, 0.25) is 0 Å². The molecule has 0 saturated carbocycles. The number of methoxy groups -OCH3 is 1. The predicted octanol–water partition coefficient (Wildman–Crippen LogP) is 5.19. The molecule has 3 aliphatic rings. The monoisotopic (exact) mass is 607 g/mol. The first kappa shape index (κ1) is 27.1. The third kappa shape index (κ3) is 5.84. The summed E-state index contributed by atoms with van der Waals surface area (Å²) in [5, 5.41) is 6.80. The molecule has 2 aromatic carbocycles. The fraction of sp³-hybridized carbons (Fsp3) is 0.467. The number of aryl methyl sites for hydroxylation is 1. The van der Waals surface area contributed by atoms with Gasteiger partial charge in [-0.25, -0.2) is 4.98 Å². The van der Waals surface area contributed by atoms with E-state index in [1.165, 1.54) is 55.8 Å². The fourth-order valence-corrected chi connectivity index (χ4v) is 6.27. The maximum absolute atomic E-state index is 5.83. The molecule has 0 unspecified atom stereocenters. The number of rotatable bonds is 7. The average molecular weight is 609 g/mol. The highest BCUT2D eigenvalue weighted by molar-refractivity contribution is 9.10. The van der Waals surface area contributed by atoms with Gasteiger partial charge in [0, 0.05) is 75.4 Å². The van der Waals surface area contributed by atoms with Gasteiger partial charge in [-0.15, -0.1) is 0 Å². The molecule has 0 aliphatic carbocycles. The molecule has 212 valence electrons. The summed E-state index contributed by atoms with van der Waals surface area (Å²) in [5.74, 6) is 2.92. The fourth-order valence-electron chi connectivity index (χ4n) is 5.98. The van der Waals surface area contributed by atoms with E-state index in [9.17, 15) is 0 Å². The molecule has 6 rings (SSSR count). The number of nitrogens with one attached hydrogen (secondary N) is 2. The topological polar surface area (TPSA) is 78.0 Å². The van der Waals surface area contributed by atoms with Crippen molar-refractivity contribution in [2.75, 3.05) is 75.6 Å². The van der Waals surface area contributed by atoms with Crippen molar-refractivity contribution >= 4 is 44.8 Å². The number of hydrogen-bond acceptors (Lipinski definition) is 9. The number of benzene rings is 2. The van der Waals surface area contributed by atoms with Gasteiger partial charge in [-0.3, -0.25) is 4.90 Å². The van der Waals surface area contributed by atoms with E-state index in [0.717, 1.165) is 53.5 Å². The van der Waals surface area contributed by atoms with Gasteiger partial charge in [-0.1, -0.05) is 0 Å². The Bertz CT molecular complexity index is 1350. The number of ether oxygens (including phenoxy) is 2. The van der Waals surface area contributed by atoms with E-state index in [2.05, 4.69) is 78.4 Å². The van der Waals surface area contributed by atoms with Crippen molar-refractivity contribution in [2.45, 2.75) is 32.2 Å². The van der Waals surface area contributed by atoms with Crippen molar-refractivity contribution < 1.29 is 9.47 Å². The molecule has 2 saturated heterocycles. The number of nitrogens with zero attached hydrogens (tertiary/aromatic N) is 5. The molecule has 9 nitrogen and oxygen atoms in total. The van der Waals surface area contributed by atoms with Crippen LogP contribution in [0.25, 0.3) is 0 Å². The van der Waals surface area contributed by atoms with Crippen molar-refractivity contribution in [3.63, 3.8) is 0 Å². The van der Waals surface area contributed by atoms with E-state index < -0.39 is 0 Å². The standard InChI is InChI=1S/C30H38BrN7O2/c1-20-16-25(28(39-3)18-26(20)38-9-6-23(7-10-38)37-13-11-36(2)12-14-37)34-30-32-19-24(31)29(35-30)33-22-4-5-27-21(17-22)8-15-40-27/h4-5,16-19,23H,6-15H2,1-3H3,(H2,32,33,34,35). The second kappa shape index (κ2) is 11.8. The van der Waals surface area contributed by atoms with Crippen molar-refractivity contribution in [2.24, 2.45) is 0 Å². The number of halogens is 1. The number of aromatic nitrogens is 2. The molecule has 3 aliphatic heterocycles. The molecule has 10 heteroatoms. The smallest absolute Gasteiger partial charge is 0.229 e. The minimum absolute atomic E-state index is 0.494. The van der Waals surface area contributed by atoms with Crippen molar-refractivity contribution in [3.8, 4) is 11.5 Å². The van der Waals surface area contributed by atoms with Gasteiger partial charge in [-0.05, 0) is 78.1 Å². The first-order chi connectivity index (χ1) is 19.5. The van der Waals surface area contributed by atoms with Crippen molar-refractivity contribution in [1.82, 2.24) is 19.8 Å². The lowest BCUT2D eigenvalue weighted by Gasteiger charge is -2.43. The average Bonchev–Trinajstić information content (AvgIpc) is 3.44. The summed E-state index contributed by atoms with van der Waals surface area (Å²) in [4.78, 5) is 16.9. The van der Waals surface area contributed by atoms with Gasteiger partial charge >= 0.3 is 0 Å². The van der Waals surface area contributed by atoms with Crippen molar-refractivity contribution in [3.05, 3.63) is 52.1 Å². The van der Waals surface area contributed by atoms with Gasteiger partial charge in [0.2, 0.25) is 5.95 Å². The zero-order valence-corrected chi connectivity index (χ0v) is 25.1. The van der Waals surface area contributed by atoms with Gasteiger partial charge in [-0.2, -0.15) is 4.98 Å². The molecule has 40 heavy (non-hydrogen) atoms. The summed E-state index contributed by atoms with van der Waals surface area (Å²) >= 11 is 3.59. The van der Waals surface area contributed by atoms with Gasteiger partial charge < -0.3 is 29.9 Å². The summed E-state index contributed by atoms with van der Waals surface area (Å²) in [6, 6.07) is 11.1. The molecular weight excluding hydrogens is 570 g/mol. The first-order valence-corrected chi connectivity index (χ1v) is 14.9. The van der Waals surface area contributed by atoms with E-state index >= 15 is 0 Å². The number of fused-ring (bicyclic) bond motifs is 1. The summed E-state index contributed by atoms with van der Waals surface area (Å²) < 4.78 is 12.2. The lowest BCUT2D eigenvalue weighted by molar-refractivity contribution is 0.0982. The number of piperidine rings is 1. The summed E-state index contributed by atoms with van der Waals surface area (Å²) in [6.45, 7) is 9.75. The maximum atomic E-state index is 5.83. The van der Waals surface area contributed by atoms with Gasteiger partial charge in [0.1, 0.15) is 17.3 Å². The largest absolute Gasteiger partial charge is 0.494 e. The number of hydrogen-bond donors (Lipinski definition) is 2. The lowest BCUT2D eigenvalue weighted by Crippen LogP contribution is -2.52. The van der Waals surface area contributed by atoms with Crippen LogP contribution in [-0.2, 0) is 6.42 Å². The Morgan fingerprint density at radius 1 is 1.02 bits per heavy atom. The zero-order valence-electron chi connectivity index (χ0n) is 23.5. The molecule has 0 radical (unpaired) electrons. The summed E-state index contributed by atoms with van der Waals surface area (Å²) in [7, 11) is 3.94. The molecule has 0 spiro atoms. The summed E-state index contributed by atoms with van der Waals surface area (Å²) in [6.07, 6.45) is 5.08. The number of anilines is 5. The zero-order chi connectivity index (χ0) is 27.6. The summed E-state index contributed by atoms with van der Waals surface area (Å²) in [5.41, 5.74) is 5.45. The molecule has 0 atom stereocenters. The van der Waals surface area contributed by atoms with E-state index in [1.54, 1.807) is 13.3 Å². The van der Waals surface area contributed by atoms with Crippen LogP contribution in [0, 0.1) is 6.92 Å². The quantitative estimate of drug-likeness (QED) is 0.377. The van der Waals surface area contributed by atoms with E-state index in [-0.39, 0.29) is 0 Å². The van der Waals surface area contributed by atoms with Gasteiger partial charge in [0.15, 0.2) is 0 Å². The Morgan fingerprint density at radius 3 is 2.60 bits per heavy atom. The molecule has 0 amide bonds. The van der Waals surface area contributed by atoms with Crippen LogP contribution < -0.4 is 25.0 Å². The normalized spacial score (nSPS) is 18.4. The Kier molecular flexibility index (Phi) is 8.00. The Labute approximate surface area is 245 Å². The van der Waals surface area contributed by atoms with Crippen LogP contribution in [0.3, 0.4) is 0 Å². The van der Waals surface area contributed by atoms with Gasteiger partial charge in [0.05, 0.1) is 23.9 Å². The number of likely N-dealkylation sites (N-methyl/N-ethyl adjacent to an activating group) is 1. The predicted molar refractivity (Wildman–Crippen MR) is 164 cm³/mol. The molecule has 0 bridgehead atoms. The second-order valence-corrected chi connectivity index (χ2v) is 11.8. The van der Waals surface area contributed by atoms with Crippen LogP contribution >= 0.6 is 15.9 Å². The van der Waals surface area contributed by atoms with Crippen molar-refractivity contribution in [1.29, 1.82) is 0 Å². The van der Waals surface area contributed by atoms with Crippen LogP contribution in [-0.4, -0.2) is 85.8 Å². The Morgan fingerprint density at radius 2 is 1.82 bits per heavy atom.